The molecule has 35 heavy (non-hydrogen) atoms. The quantitative estimate of drug-likeness (QED) is 0.329. The van der Waals surface area contributed by atoms with E-state index in [-0.39, 0.29) is 24.5 Å². The maximum Gasteiger partial charge on any atom is 0.322 e. The van der Waals surface area contributed by atoms with Gasteiger partial charge in [-0.1, -0.05) is 62.4 Å². The van der Waals surface area contributed by atoms with E-state index in [2.05, 4.69) is 4.98 Å². The number of hydrogen-bond donors (Lipinski definition) is 2. The predicted molar refractivity (Wildman–Crippen MR) is 134 cm³/mol. The number of benzene rings is 2. The molecule has 3 rings (SSSR count). The van der Waals surface area contributed by atoms with Gasteiger partial charge in [0, 0.05) is 19.1 Å². The smallest absolute Gasteiger partial charge is 0.322 e. The maximum absolute atomic E-state index is 13.6. The minimum atomic E-state index is -3.34. The van der Waals surface area contributed by atoms with Gasteiger partial charge in [0.25, 0.3) is 0 Å². The lowest BCUT2D eigenvalue weighted by Crippen LogP contribution is -2.56. The molecule has 6 nitrogen and oxygen atoms in total. The first kappa shape index (κ1) is 26.7. The van der Waals surface area contributed by atoms with Crippen molar-refractivity contribution < 1.29 is 28.5 Å². The van der Waals surface area contributed by atoms with Crippen LogP contribution in [0.25, 0.3) is 11.3 Å². The van der Waals surface area contributed by atoms with Gasteiger partial charge in [-0.15, -0.1) is 0 Å². The van der Waals surface area contributed by atoms with Crippen LogP contribution in [-0.4, -0.2) is 33.4 Å². The lowest BCUT2D eigenvalue weighted by Gasteiger charge is -2.43. The second-order valence-corrected chi connectivity index (χ2v) is 10.9. The molecule has 3 aromatic rings. The minimum Gasteiger partial charge on any atom is -0.480 e. The Morgan fingerprint density at radius 2 is 1.71 bits per heavy atom. The summed E-state index contributed by atoms with van der Waals surface area (Å²) in [5, 5.41) is 20.7. The highest BCUT2D eigenvalue weighted by atomic mass is 31.1. The normalized spacial score (nSPS) is 15.8. The van der Waals surface area contributed by atoms with E-state index in [4.69, 9.17) is 4.52 Å². The van der Waals surface area contributed by atoms with Gasteiger partial charge >= 0.3 is 5.97 Å². The third-order valence-electron chi connectivity index (χ3n) is 6.32. The summed E-state index contributed by atoms with van der Waals surface area (Å²) < 4.78 is 32.2. The predicted octanol–water partition coefficient (Wildman–Crippen LogP) is 5.70. The van der Waals surface area contributed by atoms with E-state index < -0.39 is 30.6 Å². The summed E-state index contributed by atoms with van der Waals surface area (Å²) >= 11 is 0. The van der Waals surface area contributed by atoms with E-state index in [0.717, 1.165) is 5.56 Å². The summed E-state index contributed by atoms with van der Waals surface area (Å²) in [6, 6.07) is 19.7. The number of carboxylic acid groups (broad SMARTS) is 1. The number of halogens is 1. The van der Waals surface area contributed by atoms with Crippen LogP contribution in [0.2, 0.25) is 0 Å². The number of aromatic nitrogens is 1. The van der Waals surface area contributed by atoms with Gasteiger partial charge in [0.15, 0.2) is 5.16 Å². The van der Waals surface area contributed by atoms with Gasteiger partial charge in [-0.3, -0.25) is 9.36 Å². The van der Waals surface area contributed by atoms with Crippen LogP contribution in [-0.2, 0) is 25.9 Å². The molecule has 0 saturated carbocycles. The summed E-state index contributed by atoms with van der Waals surface area (Å²) in [5.41, 5.74) is -0.379. The molecule has 1 heterocycles. The number of carbonyl (C=O) groups is 1. The number of hydrogen-bond acceptors (Lipinski definition) is 5. The van der Waals surface area contributed by atoms with Crippen LogP contribution in [0.1, 0.15) is 37.9 Å². The zero-order valence-corrected chi connectivity index (χ0v) is 21.1. The average Bonchev–Trinajstić information content (AvgIpc) is 2.85. The molecule has 0 aliphatic heterocycles. The fourth-order valence-corrected chi connectivity index (χ4v) is 5.75. The van der Waals surface area contributed by atoms with Crippen molar-refractivity contribution >= 4 is 14.0 Å². The lowest BCUT2D eigenvalue weighted by atomic mass is 9.75. The Morgan fingerprint density at radius 1 is 1.06 bits per heavy atom. The third-order valence-corrected chi connectivity index (χ3v) is 8.26. The van der Waals surface area contributed by atoms with E-state index in [9.17, 15) is 24.0 Å². The highest BCUT2D eigenvalue weighted by Crippen LogP contribution is 2.55. The first-order valence-electron chi connectivity index (χ1n) is 11.5. The fraction of sp³-hybridized carbons (Fsp3) is 0.333. The van der Waals surface area contributed by atoms with Gasteiger partial charge in [-0.25, -0.2) is 9.37 Å². The molecule has 3 unspecified atom stereocenters. The van der Waals surface area contributed by atoms with Gasteiger partial charge in [0.1, 0.15) is 11.4 Å². The van der Waals surface area contributed by atoms with Gasteiger partial charge in [0.05, 0.1) is 11.4 Å². The van der Waals surface area contributed by atoms with Crippen molar-refractivity contribution in [3.8, 4) is 11.3 Å². The Hall–Kier alpha value is -2.86. The number of aliphatic carboxylic acids is 1. The first-order chi connectivity index (χ1) is 16.6. The monoisotopic (exact) mass is 499 g/mol. The fourth-order valence-electron chi connectivity index (χ4n) is 4.32. The molecule has 0 aliphatic carbocycles. The Balaban J connectivity index is 2.28. The molecule has 1 aromatic heterocycles. The van der Waals surface area contributed by atoms with Gasteiger partial charge < -0.3 is 14.7 Å². The highest BCUT2D eigenvalue weighted by Gasteiger charge is 2.62. The Labute approximate surface area is 205 Å². The molecule has 0 amide bonds. The molecule has 3 atom stereocenters. The van der Waals surface area contributed by atoms with Crippen LogP contribution >= 0.6 is 8.03 Å². The van der Waals surface area contributed by atoms with Crippen molar-refractivity contribution in [2.45, 2.75) is 43.9 Å². The number of nitrogens with zero attached hydrogens (tertiary/aromatic N) is 1. The summed E-state index contributed by atoms with van der Waals surface area (Å²) in [6.45, 7) is 3.84. The van der Waals surface area contributed by atoms with Crippen molar-refractivity contribution in [2.24, 2.45) is 5.92 Å². The Bertz CT molecular complexity index is 1170. The molecule has 0 bridgehead atoms. The van der Waals surface area contributed by atoms with E-state index in [0.29, 0.717) is 17.7 Å². The molecule has 0 radical (unpaired) electrons. The summed E-state index contributed by atoms with van der Waals surface area (Å²) in [6.07, 6.45) is 0.0411. The zero-order valence-electron chi connectivity index (χ0n) is 20.1. The highest BCUT2D eigenvalue weighted by molar-refractivity contribution is 7.42. The molecule has 0 aliphatic rings. The second-order valence-electron chi connectivity index (χ2n) is 9.07. The van der Waals surface area contributed by atoms with Crippen molar-refractivity contribution in [3.63, 3.8) is 0 Å². The molecular weight excluding hydrogens is 468 g/mol. The number of pyridine rings is 1. The Kier molecular flexibility index (Phi) is 8.60. The SMILES string of the molecule is CO[PH](=O)C(CCC(C)C)(C(=O)O)C(O)(Cc1ccc(F)cc1)c1cccc(-c2ccccc2)n1. The van der Waals surface area contributed by atoms with Crippen molar-refractivity contribution in [3.05, 3.63) is 89.9 Å². The molecule has 0 fully saturated rings. The van der Waals surface area contributed by atoms with Crippen molar-refractivity contribution in [1.82, 2.24) is 4.98 Å². The standard InChI is InChI=1S/C27H31FNO5P/c1-19(2)16-17-27(25(30)31,35(33)34-3)26(32,18-20-12-14-22(28)15-13-20)24-11-7-10-23(29-24)21-8-5-4-6-9-21/h4-15,19,32,35H,16-18H2,1-3H3,(H,30,31). The summed E-state index contributed by atoms with van der Waals surface area (Å²) in [5.74, 6) is -1.81. The summed E-state index contributed by atoms with van der Waals surface area (Å²) in [7, 11) is -2.16. The first-order valence-corrected chi connectivity index (χ1v) is 12.8. The molecule has 0 spiro atoms. The average molecular weight is 500 g/mol. The van der Waals surface area contributed by atoms with Gasteiger partial charge in [0.2, 0.25) is 8.03 Å². The van der Waals surface area contributed by atoms with E-state index in [1.165, 1.54) is 37.4 Å². The summed E-state index contributed by atoms with van der Waals surface area (Å²) in [4.78, 5) is 17.6. The largest absolute Gasteiger partial charge is 0.480 e. The van der Waals surface area contributed by atoms with E-state index in [1.807, 2.05) is 44.2 Å². The third kappa shape index (κ3) is 5.53. The van der Waals surface area contributed by atoms with Crippen molar-refractivity contribution in [1.29, 1.82) is 0 Å². The van der Waals surface area contributed by atoms with Crippen LogP contribution in [0.4, 0.5) is 4.39 Å². The van der Waals surface area contributed by atoms with Crippen LogP contribution in [0.3, 0.4) is 0 Å². The number of aliphatic hydroxyl groups is 1. The van der Waals surface area contributed by atoms with Crippen LogP contribution in [0, 0.1) is 11.7 Å². The minimum absolute atomic E-state index is 0.0599. The number of rotatable bonds is 11. The van der Waals surface area contributed by atoms with Crippen molar-refractivity contribution in [2.75, 3.05) is 7.11 Å². The second kappa shape index (κ2) is 11.3. The molecular formula is C27H31FNO5P. The molecule has 0 saturated heterocycles. The molecule has 2 N–H and O–H groups in total. The lowest BCUT2D eigenvalue weighted by molar-refractivity contribution is -0.151. The van der Waals surface area contributed by atoms with Gasteiger partial charge in [-0.2, -0.15) is 0 Å². The zero-order chi connectivity index (χ0) is 25.6. The topological polar surface area (TPSA) is 96.7 Å². The molecule has 186 valence electrons. The molecule has 8 heteroatoms. The molecule has 2 aromatic carbocycles. The van der Waals surface area contributed by atoms with Crippen LogP contribution in [0.5, 0.6) is 0 Å². The van der Waals surface area contributed by atoms with Crippen LogP contribution < -0.4 is 0 Å². The van der Waals surface area contributed by atoms with Crippen LogP contribution in [0.15, 0.2) is 72.8 Å². The maximum atomic E-state index is 13.6. The number of carboxylic acids is 1. The van der Waals surface area contributed by atoms with E-state index in [1.54, 1.807) is 12.1 Å². The van der Waals surface area contributed by atoms with E-state index >= 15 is 0 Å². The Morgan fingerprint density at radius 3 is 2.29 bits per heavy atom. The van der Waals surface area contributed by atoms with Gasteiger partial charge in [-0.05, 0) is 48.6 Å².